The molecule has 2 atom stereocenters. The summed E-state index contributed by atoms with van der Waals surface area (Å²) in [5.74, 6) is 0.124. The molecule has 114 valence electrons. The summed E-state index contributed by atoms with van der Waals surface area (Å²) in [7, 11) is 1.33. The topological polar surface area (TPSA) is 71.5 Å². The van der Waals surface area contributed by atoms with Crippen molar-refractivity contribution in [1.82, 2.24) is 10.3 Å². The largest absolute Gasteiger partial charge is 0.465 e. The Kier molecular flexibility index (Phi) is 4.03. The zero-order valence-electron chi connectivity index (χ0n) is 11.6. The van der Waals surface area contributed by atoms with Crippen molar-refractivity contribution in [2.24, 2.45) is 5.92 Å². The molecule has 1 amide bonds. The molecule has 0 aliphatic carbocycles. The number of fused-ring (bicyclic) bond motifs is 1. The second kappa shape index (κ2) is 5.81. The maximum absolute atomic E-state index is 11.6. The van der Waals surface area contributed by atoms with E-state index in [1.165, 1.54) is 18.4 Å². The van der Waals surface area contributed by atoms with Crippen LogP contribution in [0.5, 0.6) is 0 Å². The van der Waals surface area contributed by atoms with Gasteiger partial charge >= 0.3 is 5.97 Å². The molecule has 2 fully saturated rings. The van der Waals surface area contributed by atoms with Crippen LogP contribution >= 0.6 is 22.9 Å². The van der Waals surface area contributed by atoms with Crippen molar-refractivity contribution in [3.8, 4) is 0 Å². The summed E-state index contributed by atoms with van der Waals surface area (Å²) in [6, 6.07) is 0.262. The predicted molar refractivity (Wildman–Crippen MR) is 79.9 cm³/mol. The van der Waals surface area contributed by atoms with Crippen LogP contribution in [-0.4, -0.2) is 43.1 Å². The van der Waals surface area contributed by atoms with E-state index < -0.39 is 5.97 Å². The molecular formula is C13H16ClN3O3S. The summed E-state index contributed by atoms with van der Waals surface area (Å²) in [6.45, 7) is 1.63. The molecule has 0 radical (unpaired) electrons. The summed E-state index contributed by atoms with van der Waals surface area (Å²) in [5.41, 5.74) is 0. The van der Waals surface area contributed by atoms with E-state index in [2.05, 4.69) is 15.2 Å². The number of nitrogens with zero attached hydrogens (tertiary/aromatic N) is 2. The first-order valence-electron chi connectivity index (χ1n) is 6.87. The number of hydrogen-bond acceptors (Lipinski definition) is 6. The van der Waals surface area contributed by atoms with E-state index >= 15 is 0 Å². The van der Waals surface area contributed by atoms with E-state index in [1.54, 1.807) is 0 Å². The maximum Gasteiger partial charge on any atom is 0.351 e. The molecule has 2 aliphatic rings. The van der Waals surface area contributed by atoms with E-state index in [4.69, 9.17) is 16.3 Å². The molecule has 1 N–H and O–H groups in total. The highest BCUT2D eigenvalue weighted by Crippen LogP contribution is 2.34. The lowest BCUT2D eigenvalue weighted by molar-refractivity contribution is -0.124. The quantitative estimate of drug-likeness (QED) is 0.836. The van der Waals surface area contributed by atoms with E-state index in [0.29, 0.717) is 17.2 Å². The first-order chi connectivity index (χ1) is 10.1. The number of halogens is 1. The standard InChI is InChI=1S/C13H16ClN3O3S/c1-20-12(19)10-11(14)16-13(21-10)17-5-4-8-7(6-17)2-3-9(18)15-8/h7-8H,2-6H2,1H3,(H,15,18). The number of amides is 1. The van der Waals surface area contributed by atoms with Crippen molar-refractivity contribution in [3.63, 3.8) is 0 Å². The number of thiazole rings is 1. The Hall–Kier alpha value is -1.34. The van der Waals surface area contributed by atoms with Crippen LogP contribution in [0, 0.1) is 5.92 Å². The van der Waals surface area contributed by atoms with Crippen LogP contribution in [0.3, 0.4) is 0 Å². The van der Waals surface area contributed by atoms with Gasteiger partial charge in [-0.25, -0.2) is 9.78 Å². The number of anilines is 1. The smallest absolute Gasteiger partial charge is 0.351 e. The molecule has 6 nitrogen and oxygen atoms in total. The molecule has 0 aromatic carbocycles. The number of methoxy groups -OCH3 is 1. The number of esters is 1. The highest BCUT2D eigenvalue weighted by atomic mass is 35.5. The minimum Gasteiger partial charge on any atom is -0.465 e. The Labute approximate surface area is 131 Å². The first kappa shape index (κ1) is 14.6. The summed E-state index contributed by atoms with van der Waals surface area (Å²) < 4.78 is 4.70. The minimum absolute atomic E-state index is 0.148. The SMILES string of the molecule is COC(=O)c1sc(N2CCC3NC(=O)CCC3C2)nc1Cl. The third-order valence-electron chi connectivity index (χ3n) is 4.04. The zero-order chi connectivity index (χ0) is 15.0. The molecular weight excluding hydrogens is 314 g/mol. The molecule has 2 unspecified atom stereocenters. The van der Waals surface area contributed by atoms with Crippen LogP contribution in [0.1, 0.15) is 28.9 Å². The van der Waals surface area contributed by atoms with Gasteiger partial charge in [0.1, 0.15) is 0 Å². The molecule has 0 spiro atoms. The predicted octanol–water partition coefficient (Wildman–Crippen LogP) is 1.69. The van der Waals surface area contributed by atoms with E-state index in [1.807, 2.05) is 0 Å². The average molecular weight is 330 g/mol. The third kappa shape index (κ3) is 2.85. The lowest BCUT2D eigenvalue weighted by atomic mass is 9.85. The summed E-state index contributed by atoms with van der Waals surface area (Å²) in [5, 5.41) is 3.99. The fourth-order valence-corrected chi connectivity index (χ4v) is 4.16. The molecule has 0 bridgehead atoms. The molecule has 1 aromatic rings. The van der Waals surface area contributed by atoms with Crippen LogP contribution in [0.15, 0.2) is 0 Å². The van der Waals surface area contributed by atoms with E-state index in [0.717, 1.165) is 31.1 Å². The van der Waals surface area contributed by atoms with Gasteiger partial charge in [0.05, 0.1) is 7.11 Å². The third-order valence-corrected chi connectivity index (χ3v) is 5.52. The number of carbonyl (C=O) groups excluding carboxylic acids is 2. The zero-order valence-corrected chi connectivity index (χ0v) is 13.2. The Morgan fingerprint density at radius 3 is 3.10 bits per heavy atom. The van der Waals surface area contributed by atoms with Gasteiger partial charge in [-0.1, -0.05) is 22.9 Å². The van der Waals surface area contributed by atoms with Gasteiger partial charge < -0.3 is 15.0 Å². The number of ether oxygens (including phenoxy) is 1. The lowest BCUT2D eigenvalue weighted by Crippen LogP contribution is -2.54. The Morgan fingerprint density at radius 1 is 1.52 bits per heavy atom. The molecule has 3 heterocycles. The van der Waals surface area contributed by atoms with Gasteiger partial charge in [-0.15, -0.1) is 0 Å². The van der Waals surface area contributed by atoms with Gasteiger partial charge in [0.2, 0.25) is 5.91 Å². The lowest BCUT2D eigenvalue weighted by Gasteiger charge is -2.41. The molecule has 1 aromatic heterocycles. The van der Waals surface area contributed by atoms with Crippen molar-refractivity contribution in [3.05, 3.63) is 10.0 Å². The number of nitrogens with one attached hydrogen (secondary N) is 1. The van der Waals surface area contributed by atoms with Crippen LogP contribution < -0.4 is 10.2 Å². The fourth-order valence-electron chi connectivity index (χ4n) is 2.93. The van der Waals surface area contributed by atoms with Crippen LogP contribution in [-0.2, 0) is 9.53 Å². The molecule has 3 rings (SSSR count). The van der Waals surface area contributed by atoms with Gasteiger partial charge in [0.25, 0.3) is 0 Å². The van der Waals surface area contributed by atoms with Crippen LogP contribution in [0.4, 0.5) is 5.13 Å². The summed E-state index contributed by atoms with van der Waals surface area (Å²) >= 11 is 7.27. The van der Waals surface area contributed by atoms with Crippen molar-refractivity contribution >= 4 is 39.9 Å². The maximum atomic E-state index is 11.6. The number of aromatic nitrogens is 1. The molecule has 8 heteroatoms. The fraction of sp³-hybridized carbons (Fsp3) is 0.615. The van der Waals surface area contributed by atoms with Gasteiger partial charge in [-0.2, -0.15) is 0 Å². The normalized spacial score (nSPS) is 25.2. The molecule has 21 heavy (non-hydrogen) atoms. The highest BCUT2D eigenvalue weighted by Gasteiger charge is 2.35. The second-order valence-corrected chi connectivity index (χ2v) is 6.65. The Balaban J connectivity index is 1.74. The van der Waals surface area contributed by atoms with Crippen LogP contribution in [0.2, 0.25) is 5.15 Å². The van der Waals surface area contributed by atoms with Crippen molar-refractivity contribution in [1.29, 1.82) is 0 Å². The molecule has 0 saturated carbocycles. The van der Waals surface area contributed by atoms with E-state index in [9.17, 15) is 9.59 Å². The average Bonchev–Trinajstić information content (AvgIpc) is 2.88. The monoisotopic (exact) mass is 329 g/mol. The van der Waals surface area contributed by atoms with Gasteiger partial charge in [-0.3, -0.25) is 4.79 Å². The molecule has 2 aliphatic heterocycles. The Bertz CT molecular complexity index is 577. The summed E-state index contributed by atoms with van der Waals surface area (Å²) in [4.78, 5) is 29.8. The van der Waals surface area contributed by atoms with Crippen molar-refractivity contribution in [2.75, 3.05) is 25.1 Å². The highest BCUT2D eigenvalue weighted by molar-refractivity contribution is 7.18. The second-order valence-electron chi connectivity index (χ2n) is 5.32. The molecule has 2 saturated heterocycles. The first-order valence-corrected chi connectivity index (χ1v) is 8.07. The number of piperidine rings is 2. The van der Waals surface area contributed by atoms with E-state index in [-0.39, 0.29) is 17.1 Å². The van der Waals surface area contributed by atoms with Crippen molar-refractivity contribution in [2.45, 2.75) is 25.3 Å². The van der Waals surface area contributed by atoms with Gasteiger partial charge in [-0.05, 0) is 18.8 Å². The Morgan fingerprint density at radius 2 is 2.33 bits per heavy atom. The number of carbonyl (C=O) groups is 2. The van der Waals surface area contributed by atoms with Crippen molar-refractivity contribution < 1.29 is 14.3 Å². The number of hydrogen-bond donors (Lipinski definition) is 1. The van der Waals surface area contributed by atoms with Gasteiger partial charge in [0.15, 0.2) is 15.2 Å². The number of rotatable bonds is 2. The minimum atomic E-state index is -0.455. The van der Waals surface area contributed by atoms with Crippen LogP contribution in [0.25, 0.3) is 0 Å². The van der Waals surface area contributed by atoms with Gasteiger partial charge in [0, 0.05) is 25.6 Å². The summed E-state index contributed by atoms with van der Waals surface area (Å²) in [6.07, 6.45) is 2.37.